The molecule has 0 bridgehead atoms. The van der Waals surface area contributed by atoms with E-state index in [4.69, 9.17) is 22.9 Å². The molecule has 7 nitrogen and oxygen atoms in total. The van der Waals surface area contributed by atoms with Crippen molar-refractivity contribution in [1.82, 2.24) is 0 Å². The summed E-state index contributed by atoms with van der Waals surface area (Å²) in [5.41, 5.74) is 22.8. The molecule has 2 amide bonds. The molecule has 0 aliphatic rings. The lowest BCUT2D eigenvalue weighted by molar-refractivity contribution is -0.117. The zero-order valence-electron chi connectivity index (χ0n) is 11.3. The van der Waals surface area contributed by atoms with Crippen LogP contribution in [0.2, 0.25) is 0 Å². The quantitative estimate of drug-likeness (QED) is 0.345. The van der Waals surface area contributed by atoms with Crippen LogP contribution in [0.25, 0.3) is 0 Å². The van der Waals surface area contributed by atoms with E-state index in [1.54, 1.807) is 6.07 Å². The molecule has 9 N–H and O–H groups in total. The van der Waals surface area contributed by atoms with E-state index in [0.29, 0.717) is 18.7 Å². The molecule has 1 rings (SSSR count). The van der Waals surface area contributed by atoms with Gasteiger partial charge >= 0.3 is 0 Å². The van der Waals surface area contributed by atoms with E-state index >= 15 is 0 Å². The number of unbranched alkanes of at least 4 members (excludes halogenated alkanes) is 1. The normalized spacial score (nSPS) is 11.9. The van der Waals surface area contributed by atoms with Crippen LogP contribution in [0.15, 0.2) is 18.2 Å². The summed E-state index contributed by atoms with van der Waals surface area (Å²) in [7, 11) is 0. The fraction of sp³-hybridized carbons (Fsp3) is 0.385. The van der Waals surface area contributed by atoms with Crippen molar-refractivity contribution in [2.75, 3.05) is 17.6 Å². The molecule has 0 aliphatic carbocycles. The molecule has 1 unspecified atom stereocenters. The van der Waals surface area contributed by atoms with E-state index in [1.165, 1.54) is 12.1 Å². The minimum atomic E-state index is -0.647. The third-order valence-corrected chi connectivity index (χ3v) is 2.89. The fourth-order valence-corrected chi connectivity index (χ4v) is 1.72. The second-order valence-electron chi connectivity index (χ2n) is 4.55. The number of nitrogen functional groups attached to an aromatic ring is 1. The lowest BCUT2D eigenvalue weighted by Crippen LogP contribution is -2.35. The molecule has 0 aliphatic heterocycles. The number of carbonyl (C=O) groups is 2. The topological polar surface area (TPSA) is 150 Å². The minimum absolute atomic E-state index is 0.166. The predicted molar refractivity (Wildman–Crippen MR) is 78.9 cm³/mol. The van der Waals surface area contributed by atoms with Crippen molar-refractivity contribution in [2.45, 2.75) is 25.3 Å². The number of amides is 2. The van der Waals surface area contributed by atoms with Crippen LogP contribution >= 0.6 is 0 Å². The summed E-state index contributed by atoms with van der Waals surface area (Å²) in [6.45, 7) is 0.578. The van der Waals surface area contributed by atoms with Gasteiger partial charge in [0.05, 0.1) is 11.6 Å². The summed E-state index contributed by atoms with van der Waals surface area (Å²) < 4.78 is 0. The first-order chi connectivity index (χ1) is 9.45. The molecule has 0 aromatic heterocycles. The highest BCUT2D eigenvalue weighted by Gasteiger charge is 2.14. The van der Waals surface area contributed by atoms with Crippen LogP contribution in [0.3, 0.4) is 0 Å². The Bertz CT molecular complexity index is 490. The summed E-state index contributed by atoms with van der Waals surface area (Å²) in [5.74, 6) is -0.965. The number of anilines is 2. The van der Waals surface area contributed by atoms with Gasteiger partial charge in [-0.05, 0) is 37.6 Å². The maximum Gasteiger partial charge on any atom is 0.250 e. The van der Waals surface area contributed by atoms with Crippen LogP contribution in [0.4, 0.5) is 11.4 Å². The Morgan fingerprint density at radius 2 is 1.95 bits per heavy atom. The molecular formula is C13H21N5O2. The van der Waals surface area contributed by atoms with Crippen LogP contribution in [0.5, 0.6) is 0 Å². The van der Waals surface area contributed by atoms with Gasteiger partial charge in [-0.3, -0.25) is 9.59 Å². The fourth-order valence-electron chi connectivity index (χ4n) is 1.72. The number of benzene rings is 1. The first-order valence-electron chi connectivity index (χ1n) is 6.41. The first kappa shape index (κ1) is 15.9. The van der Waals surface area contributed by atoms with Crippen molar-refractivity contribution in [3.8, 4) is 0 Å². The molecule has 0 heterocycles. The zero-order valence-corrected chi connectivity index (χ0v) is 11.3. The number of nitrogens with two attached hydrogens (primary N) is 4. The maximum atomic E-state index is 11.9. The van der Waals surface area contributed by atoms with Crippen molar-refractivity contribution in [1.29, 1.82) is 0 Å². The van der Waals surface area contributed by atoms with Gasteiger partial charge in [0.2, 0.25) is 5.91 Å². The number of carbonyl (C=O) groups excluding carboxylic acids is 2. The largest absolute Gasteiger partial charge is 0.398 e. The van der Waals surface area contributed by atoms with Gasteiger partial charge in [0.1, 0.15) is 0 Å². The van der Waals surface area contributed by atoms with Crippen molar-refractivity contribution in [3.63, 3.8) is 0 Å². The van der Waals surface area contributed by atoms with Gasteiger partial charge in [-0.25, -0.2) is 0 Å². The summed E-state index contributed by atoms with van der Waals surface area (Å²) in [6.07, 6.45) is 2.18. The average molecular weight is 279 g/mol. The Kier molecular flexibility index (Phi) is 5.95. The summed E-state index contributed by atoms with van der Waals surface area (Å²) in [4.78, 5) is 23.0. The molecule has 0 saturated carbocycles. The molecule has 7 heteroatoms. The summed E-state index contributed by atoms with van der Waals surface area (Å²) in [5, 5.41) is 2.63. The Labute approximate surface area is 117 Å². The monoisotopic (exact) mass is 279 g/mol. The molecule has 20 heavy (non-hydrogen) atoms. The van der Waals surface area contributed by atoms with Crippen molar-refractivity contribution >= 4 is 23.2 Å². The molecular weight excluding hydrogens is 258 g/mol. The van der Waals surface area contributed by atoms with Gasteiger partial charge in [-0.2, -0.15) is 0 Å². The predicted octanol–water partition coefficient (Wildman–Crippen LogP) is -0.237. The van der Waals surface area contributed by atoms with E-state index in [2.05, 4.69) is 5.32 Å². The Morgan fingerprint density at radius 3 is 2.55 bits per heavy atom. The Morgan fingerprint density at radius 1 is 1.25 bits per heavy atom. The van der Waals surface area contributed by atoms with Gasteiger partial charge in [-0.1, -0.05) is 6.42 Å². The van der Waals surface area contributed by atoms with Crippen LogP contribution in [0.1, 0.15) is 29.6 Å². The van der Waals surface area contributed by atoms with E-state index in [-0.39, 0.29) is 17.2 Å². The second kappa shape index (κ2) is 7.46. The van der Waals surface area contributed by atoms with Gasteiger partial charge in [-0.15, -0.1) is 0 Å². The smallest absolute Gasteiger partial charge is 0.250 e. The lowest BCUT2D eigenvalue weighted by atomic mass is 10.1. The third kappa shape index (κ3) is 4.52. The van der Waals surface area contributed by atoms with Crippen molar-refractivity contribution in [3.05, 3.63) is 23.8 Å². The highest BCUT2D eigenvalue weighted by Crippen LogP contribution is 2.17. The zero-order chi connectivity index (χ0) is 15.1. The molecule has 0 fully saturated rings. The van der Waals surface area contributed by atoms with Crippen LogP contribution < -0.4 is 28.3 Å². The van der Waals surface area contributed by atoms with E-state index < -0.39 is 11.9 Å². The third-order valence-electron chi connectivity index (χ3n) is 2.89. The van der Waals surface area contributed by atoms with Gasteiger partial charge in [0.15, 0.2) is 0 Å². The van der Waals surface area contributed by atoms with Gasteiger partial charge in [0, 0.05) is 11.4 Å². The SMILES string of the molecule is NCCCCC(N)C(=O)Nc1ccc(N)c(C(N)=O)c1. The minimum Gasteiger partial charge on any atom is -0.398 e. The maximum absolute atomic E-state index is 11.9. The molecule has 0 radical (unpaired) electrons. The molecule has 0 saturated heterocycles. The molecule has 0 spiro atoms. The van der Waals surface area contributed by atoms with E-state index in [0.717, 1.165) is 12.8 Å². The highest BCUT2D eigenvalue weighted by molar-refractivity contribution is 6.01. The van der Waals surface area contributed by atoms with Crippen molar-refractivity contribution in [2.24, 2.45) is 17.2 Å². The molecule has 1 atom stereocenters. The summed E-state index contributed by atoms with van der Waals surface area (Å²) in [6, 6.07) is 3.92. The van der Waals surface area contributed by atoms with E-state index in [1.807, 2.05) is 0 Å². The van der Waals surface area contributed by atoms with Crippen LogP contribution in [0, 0.1) is 0 Å². The number of rotatable bonds is 7. The van der Waals surface area contributed by atoms with Gasteiger partial charge < -0.3 is 28.3 Å². The number of primary amides is 1. The second-order valence-corrected chi connectivity index (χ2v) is 4.55. The Hall–Kier alpha value is -2.12. The Balaban J connectivity index is 2.66. The average Bonchev–Trinajstić information content (AvgIpc) is 2.40. The number of hydrogen-bond acceptors (Lipinski definition) is 5. The van der Waals surface area contributed by atoms with Crippen LogP contribution in [-0.2, 0) is 4.79 Å². The number of hydrogen-bond donors (Lipinski definition) is 5. The van der Waals surface area contributed by atoms with Gasteiger partial charge in [0.25, 0.3) is 5.91 Å². The van der Waals surface area contributed by atoms with Crippen molar-refractivity contribution < 1.29 is 9.59 Å². The summed E-state index contributed by atoms with van der Waals surface area (Å²) >= 11 is 0. The number of nitrogens with one attached hydrogen (secondary N) is 1. The molecule has 1 aromatic rings. The first-order valence-corrected chi connectivity index (χ1v) is 6.41. The van der Waals surface area contributed by atoms with Crippen LogP contribution in [-0.4, -0.2) is 24.4 Å². The molecule has 1 aromatic carbocycles. The molecule has 110 valence electrons. The highest BCUT2D eigenvalue weighted by atomic mass is 16.2. The lowest BCUT2D eigenvalue weighted by Gasteiger charge is -2.13. The van der Waals surface area contributed by atoms with E-state index in [9.17, 15) is 9.59 Å². The standard InChI is InChI=1S/C13H21N5O2/c14-6-2-1-3-11(16)13(20)18-8-4-5-10(15)9(7-8)12(17)19/h4-5,7,11H,1-3,6,14-16H2,(H2,17,19)(H,18,20).